The summed E-state index contributed by atoms with van der Waals surface area (Å²) in [5.74, 6) is 0. The number of fused-ring (bicyclic) bond motifs is 3. The molecule has 1 aromatic heterocycles. The molecule has 0 radical (unpaired) electrons. The van der Waals surface area contributed by atoms with Gasteiger partial charge in [-0.15, -0.1) is 0 Å². The maximum atomic E-state index is 6.06. The molecule has 0 aliphatic rings. The van der Waals surface area contributed by atoms with E-state index >= 15 is 0 Å². The van der Waals surface area contributed by atoms with Crippen LogP contribution in [0.4, 0.5) is 0 Å². The lowest BCUT2D eigenvalue weighted by molar-refractivity contribution is 1.01. The molecule has 0 unspecified atom stereocenters. The quantitative estimate of drug-likeness (QED) is 0.542. The first-order valence-corrected chi connectivity index (χ1v) is 5.69. The van der Waals surface area contributed by atoms with Gasteiger partial charge in [-0.05, 0) is 37.3 Å². The molecule has 2 heteroatoms. The number of nitrogens with zero attached hydrogens (tertiary/aromatic N) is 1. The highest BCUT2D eigenvalue weighted by molar-refractivity contribution is 6.31. The summed E-state index contributed by atoms with van der Waals surface area (Å²) in [5, 5.41) is 3.30. The van der Waals surface area contributed by atoms with Gasteiger partial charge < -0.3 is 4.57 Å². The predicted octanol–water partition coefficient (Wildman–Crippen LogP) is 4.29. The molecule has 0 aliphatic carbocycles. The maximum absolute atomic E-state index is 6.06. The van der Waals surface area contributed by atoms with E-state index in [1.807, 2.05) is 12.1 Å². The van der Waals surface area contributed by atoms with E-state index in [1.54, 1.807) is 0 Å². The van der Waals surface area contributed by atoms with Crippen LogP contribution in [0.3, 0.4) is 0 Å². The summed E-state index contributed by atoms with van der Waals surface area (Å²) >= 11 is 6.06. The Kier molecular flexibility index (Phi) is 1.98. The van der Waals surface area contributed by atoms with Crippen molar-refractivity contribution in [3.8, 4) is 0 Å². The van der Waals surface area contributed by atoms with Crippen molar-refractivity contribution in [3.63, 3.8) is 0 Å². The topological polar surface area (TPSA) is 4.93 Å². The molecule has 0 N–H and O–H groups in total. The first-order valence-electron chi connectivity index (χ1n) is 5.31. The second kappa shape index (κ2) is 3.26. The molecule has 2 aromatic carbocycles. The van der Waals surface area contributed by atoms with Crippen molar-refractivity contribution in [2.24, 2.45) is 7.05 Å². The van der Waals surface area contributed by atoms with Crippen molar-refractivity contribution in [1.82, 2.24) is 4.57 Å². The lowest BCUT2D eigenvalue weighted by atomic mass is 10.1. The third-order valence-corrected chi connectivity index (χ3v) is 3.36. The lowest BCUT2D eigenvalue weighted by Crippen LogP contribution is -1.85. The van der Waals surface area contributed by atoms with E-state index in [-0.39, 0.29) is 0 Å². The Hall–Kier alpha value is -1.47. The SMILES string of the molecule is Cc1ccc2c(c1)c1cc(Cl)ccc1n2C. The Bertz CT molecular complexity index is 635. The van der Waals surface area contributed by atoms with E-state index in [0.29, 0.717) is 0 Å². The molecule has 0 saturated carbocycles. The Balaban J connectivity index is 2.60. The number of hydrogen-bond acceptors (Lipinski definition) is 0. The molecule has 0 saturated heterocycles. The van der Waals surface area contributed by atoms with Gasteiger partial charge in [-0.1, -0.05) is 23.2 Å². The number of halogens is 1. The van der Waals surface area contributed by atoms with Gasteiger partial charge in [0.2, 0.25) is 0 Å². The standard InChI is InChI=1S/C14H12ClN/c1-9-3-5-13-11(7-9)12-8-10(15)4-6-14(12)16(13)2/h3-8H,1-2H3. The highest BCUT2D eigenvalue weighted by atomic mass is 35.5. The zero-order chi connectivity index (χ0) is 11.3. The van der Waals surface area contributed by atoms with Gasteiger partial charge in [-0.3, -0.25) is 0 Å². The summed E-state index contributed by atoms with van der Waals surface area (Å²) in [7, 11) is 2.09. The van der Waals surface area contributed by atoms with E-state index in [4.69, 9.17) is 11.6 Å². The van der Waals surface area contributed by atoms with Crippen LogP contribution < -0.4 is 0 Å². The fourth-order valence-electron chi connectivity index (χ4n) is 2.30. The van der Waals surface area contributed by atoms with Gasteiger partial charge >= 0.3 is 0 Å². The second-order valence-electron chi connectivity index (χ2n) is 4.24. The fourth-order valence-corrected chi connectivity index (χ4v) is 2.48. The average molecular weight is 230 g/mol. The molecule has 3 aromatic rings. The molecule has 0 amide bonds. The molecule has 0 fully saturated rings. The van der Waals surface area contributed by atoms with Crippen molar-refractivity contribution < 1.29 is 0 Å². The molecule has 0 aliphatic heterocycles. The molecule has 0 bridgehead atoms. The van der Waals surface area contributed by atoms with Crippen LogP contribution in [0, 0.1) is 6.92 Å². The molecule has 1 nitrogen and oxygen atoms in total. The monoisotopic (exact) mass is 229 g/mol. The second-order valence-corrected chi connectivity index (χ2v) is 4.68. The minimum Gasteiger partial charge on any atom is -0.344 e. The Morgan fingerprint density at radius 1 is 0.938 bits per heavy atom. The molecular weight excluding hydrogens is 218 g/mol. The largest absolute Gasteiger partial charge is 0.344 e. The summed E-state index contributed by atoms with van der Waals surface area (Å²) in [6.07, 6.45) is 0. The molecule has 1 heterocycles. The molecule has 16 heavy (non-hydrogen) atoms. The normalized spacial score (nSPS) is 11.4. The highest BCUT2D eigenvalue weighted by Gasteiger charge is 2.07. The van der Waals surface area contributed by atoms with Crippen molar-refractivity contribution >= 4 is 33.4 Å². The first kappa shape index (κ1) is 9.73. The lowest BCUT2D eigenvalue weighted by Gasteiger charge is -1.97. The van der Waals surface area contributed by atoms with Crippen LogP contribution in [-0.2, 0) is 7.05 Å². The molecule has 80 valence electrons. The number of aromatic nitrogens is 1. The minimum atomic E-state index is 0.793. The minimum absolute atomic E-state index is 0.793. The highest BCUT2D eigenvalue weighted by Crippen LogP contribution is 2.30. The van der Waals surface area contributed by atoms with Crippen LogP contribution in [0.15, 0.2) is 36.4 Å². The van der Waals surface area contributed by atoms with Gasteiger partial charge in [-0.25, -0.2) is 0 Å². The van der Waals surface area contributed by atoms with Gasteiger partial charge in [0.05, 0.1) is 0 Å². The third kappa shape index (κ3) is 1.25. The Labute approximate surface area is 99.2 Å². The molecule has 0 atom stereocenters. The van der Waals surface area contributed by atoms with Gasteiger partial charge in [0.1, 0.15) is 0 Å². The fraction of sp³-hybridized carbons (Fsp3) is 0.143. The first-order chi connectivity index (χ1) is 7.66. The van der Waals surface area contributed by atoms with Crippen molar-refractivity contribution in [2.75, 3.05) is 0 Å². The van der Waals surface area contributed by atoms with Crippen LogP contribution in [0.2, 0.25) is 5.02 Å². The summed E-state index contributed by atoms with van der Waals surface area (Å²) in [6.45, 7) is 2.11. The number of hydrogen-bond donors (Lipinski definition) is 0. The van der Waals surface area contributed by atoms with Gasteiger partial charge in [0.15, 0.2) is 0 Å². The van der Waals surface area contributed by atoms with E-state index in [2.05, 4.69) is 42.8 Å². The number of benzene rings is 2. The molecule has 0 spiro atoms. The molecular formula is C14H12ClN. The summed E-state index contributed by atoms with van der Waals surface area (Å²) in [4.78, 5) is 0. The Morgan fingerprint density at radius 2 is 1.56 bits per heavy atom. The van der Waals surface area contributed by atoms with E-state index < -0.39 is 0 Å². The van der Waals surface area contributed by atoms with Crippen molar-refractivity contribution in [2.45, 2.75) is 6.92 Å². The van der Waals surface area contributed by atoms with Crippen LogP contribution in [0.5, 0.6) is 0 Å². The average Bonchev–Trinajstić information content (AvgIpc) is 2.52. The third-order valence-electron chi connectivity index (χ3n) is 3.12. The van der Waals surface area contributed by atoms with Crippen LogP contribution in [-0.4, -0.2) is 4.57 Å². The predicted molar refractivity (Wildman–Crippen MR) is 70.2 cm³/mol. The van der Waals surface area contributed by atoms with Gasteiger partial charge in [0.25, 0.3) is 0 Å². The van der Waals surface area contributed by atoms with Gasteiger partial charge in [0, 0.05) is 33.9 Å². The summed E-state index contributed by atoms with van der Waals surface area (Å²) in [5.41, 5.74) is 3.76. The number of aryl methyl sites for hydroxylation is 2. The Morgan fingerprint density at radius 3 is 2.31 bits per heavy atom. The smallest absolute Gasteiger partial charge is 0.0489 e. The zero-order valence-electron chi connectivity index (χ0n) is 9.29. The van der Waals surface area contributed by atoms with Crippen LogP contribution >= 0.6 is 11.6 Å². The maximum Gasteiger partial charge on any atom is 0.0489 e. The van der Waals surface area contributed by atoms with Crippen molar-refractivity contribution in [1.29, 1.82) is 0 Å². The van der Waals surface area contributed by atoms with E-state index in [0.717, 1.165) is 5.02 Å². The van der Waals surface area contributed by atoms with E-state index in [1.165, 1.54) is 27.4 Å². The van der Waals surface area contributed by atoms with Crippen LogP contribution in [0.1, 0.15) is 5.56 Å². The van der Waals surface area contributed by atoms with E-state index in [9.17, 15) is 0 Å². The van der Waals surface area contributed by atoms with Gasteiger partial charge in [-0.2, -0.15) is 0 Å². The van der Waals surface area contributed by atoms with Crippen molar-refractivity contribution in [3.05, 3.63) is 47.0 Å². The number of rotatable bonds is 0. The van der Waals surface area contributed by atoms with Crippen LogP contribution in [0.25, 0.3) is 21.8 Å². The summed E-state index contributed by atoms with van der Waals surface area (Å²) in [6, 6.07) is 12.6. The summed E-state index contributed by atoms with van der Waals surface area (Å²) < 4.78 is 2.21. The molecule has 3 rings (SSSR count). The zero-order valence-corrected chi connectivity index (χ0v) is 10.0.